The third-order valence-corrected chi connectivity index (χ3v) is 2.71. The van der Waals surface area contributed by atoms with Gasteiger partial charge in [0.25, 0.3) is 0 Å². The molecule has 0 aromatic heterocycles. The van der Waals surface area contributed by atoms with E-state index in [9.17, 15) is 4.79 Å². The van der Waals surface area contributed by atoms with Crippen LogP contribution in [0.5, 0.6) is 0 Å². The Bertz CT molecular complexity index is 197. The number of carbonyl (C=O) groups is 1. The molecule has 17 heavy (non-hydrogen) atoms. The molecule has 0 radical (unpaired) electrons. The lowest BCUT2D eigenvalue weighted by molar-refractivity contribution is -0.143. The van der Waals surface area contributed by atoms with E-state index in [0.717, 1.165) is 6.42 Å². The van der Waals surface area contributed by atoms with Gasteiger partial charge in [0, 0.05) is 6.42 Å². The molecule has 2 heteroatoms. The second-order valence-corrected chi connectivity index (χ2v) is 4.39. The highest BCUT2D eigenvalue weighted by atomic mass is 16.5. The van der Waals surface area contributed by atoms with Crippen LogP contribution in [0, 0.1) is 0 Å². The molecular formula is C15H28O2. The first-order chi connectivity index (χ1) is 8.31. The highest BCUT2D eigenvalue weighted by Gasteiger charge is 1.96. The SMILES string of the molecule is CCCCC=CCCCCCCOC(=O)CC. The maximum absolute atomic E-state index is 10.8. The largest absolute Gasteiger partial charge is 0.466 e. The Hall–Kier alpha value is -0.790. The highest BCUT2D eigenvalue weighted by molar-refractivity contribution is 5.68. The molecule has 0 saturated carbocycles. The predicted octanol–water partition coefficient (Wildman–Crippen LogP) is 4.64. The number of ether oxygens (including phenoxy) is 1. The fraction of sp³-hybridized carbons (Fsp3) is 0.800. The van der Waals surface area contributed by atoms with E-state index in [-0.39, 0.29) is 5.97 Å². The van der Waals surface area contributed by atoms with Crippen LogP contribution in [0.1, 0.15) is 71.6 Å². The van der Waals surface area contributed by atoms with Crippen molar-refractivity contribution in [3.05, 3.63) is 12.2 Å². The minimum absolute atomic E-state index is 0.0798. The van der Waals surface area contributed by atoms with Gasteiger partial charge < -0.3 is 4.74 Å². The molecule has 0 unspecified atom stereocenters. The molecule has 0 fully saturated rings. The van der Waals surface area contributed by atoms with E-state index in [1.165, 1.54) is 44.9 Å². The third kappa shape index (κ3) is 13.1. The van der Waals surface area contributed by atoms with Crippen molar-refractivity contribution in [1.29, 1.82) is 0 Å². The van der Waals surface area contributed by atoms with E-state index in [4.69, 9.17) is 4.74 Å². The zero-order valence-electron chi connectivity index (χ0n) is 11.5. The average molecular weight is 240 g/mol. The van der Waals surface area contributed by atoms with Crippen molar-refractivity contribution in [2.45, 2.75) is 71.6 Å². The molecule has 0 amide bonds. The maximum atomic E-state index is 10.8. The summed E-state index contributed by atoms with van der Waals surface area (Å²) in [6, 6.07) is 0. The van der Waals surface area contributed by atoms with E-state index in [0.29, 0.717) is 13.0 Å². The number of esters is 1. The molecule has 2 nitrogen and oxygen atoms in total. The lowest BCUT2D eigenvalue weighted by Gasteiger charge is -2.02. The van der Waals surface area contributed by atoms with E-state index in [2.05, 4.69) is 19.1 Å². The summed E-state index contributed by atoms with van der Waals surface area (Å²) in [4.78, 5) is 10.8. The lowest BCUT2D eigenvalue weighted by Crippen LogP contribution is -2.03. The molecule has 0 N–H and O–H groups in total. The first-order valence-electron chi connectivity index (χ1n) is 7.11. The van der Waals surface area contributed by atoms with Crippen LogP contribution in [-0.2, 0) is 9.53 Å². The summed E-state index contributed by atoms with van der Waals surface area (Å²) in [5, 5.41) is 0. The van der Waals surface area contributed by atoms with Gasteiger partial charge in [-0.05, 0) is 25.7 Å². The summed E-state index contributed by atoms with van der Waals surface area (Å²) in [5.74, 6) is -0.0798. The van der Waals surface area contributed by atoms with Gasteiger partial charge in [-0.25, -0.2) is 0 Å². The van der Waals surface area contributed by atoms with Crippen LogP contribution in [0.3, 0.4) is 0 Å². The molecule has 0 aliphatic carbocycles. The number of rotatable bonds is 11. The number of unbranched alkanes of at least 4 members (excludes halogenated alkanes) is 6. The third-order valence-electron chi connectivity index (χ3n) is 2.71. The fourth-order valence-electron chi connectivity index (χ4n) is 1.56. The number of hydrogen-bond acceptors (Lipinski definition) is 2. The zero-order chi connectivity index (χ0) is 12.8. The van der Waals surface area contributed by atoms with Crippen LogP contribution in [0.4, 0.5) is 0 Å². The normalized spacial score (nSPS) is 10.9. The van der Waals surface area contributed by atoms with Gasteiger partial charge in [0.15, 0.2) is 0 Å². The standard InChI is InChI=1S/C15H28O2/c1-3-5-6-7-8-9-10-11-12-13-14-17-15(16)4-2/h7-8H,3-6,9-14H2,1-2H3. The molecule has 100 valence electrons. The van der Waals surface area contributed by atoms with Gasteiger partial charge in [0.1, 0.15) is 0 Å². The van der Waals surface area contributed by atoms with Gasteiger partial charge in [0.2, 0.25) is 0 Å². The molecule has 0 aromatic rings. The smallest absolute Gasteiger partial charge is 0.305 e. The van der Waals surface area contributed by atoms with E-state index >= 15 is 0 Å². The second kappa shape index (κ2) is 13.3. The van der Waals surface area contributed by atoms with Gasteiger partial charge in [-0.2, -0.15) is 0 Å². The van der Waals surface area contributed by atoms with E-state index < -0.39 is 0 Å². The van der Waals surface area contributed by atoms with Crippen molar-refractivity contribution in [1.82, 2.24) is 0 Å². The summed E-state index contributed by atoms with van der Waals surface area (Å²) in [6.07, 6.45) is 14.8. The summed E-state index contributed by atoms with van der Waals surface area (Å²) in [5.41, 5.74) is 0. The van der Waals surface area contributed by atoms with Gasteiger partial charge >= 0.3 is 5.97 Å². The fourth-order valence-corrected chi connectivity index (χ4v) is 1.56. The van der Waals surface area contributed by atoms with E-state index in [1.807, 2.05) is 6.92 Å². The summed E-state index contributed by atoms with van der Waals surface area (Å²) < 4.78 is 5.01. The van der Waals surface area contributed by atoms with Crippen molar-refractivity contribution < 1.29 is 9.53 Å². The van der Waals surface area contributed by atoms with Gasteiger partial charge in [-0.3, -0.25) is 4.79 Å². The molecular weight excluding hydrogens is 212 g/mol. The molecule has 0 atom stereocenters. The Morgan fingerprint density at radius 3 is 2.24 bits per heavy atom. The minimum Gasteiger partial charge on any atom is -0.466 e. The molecule has 0 spiro atoms. The molecule has 0 aliphatic rings. The highest BCUT2D eigenvalue weighted by Crippen LogP contribution is 2.05. The van der Waals surface area contributed by atoms with Crippen LogP contribution >= 0.6 is 0 Å². The maximum Gasteiger partial charge on any atom is 0.305 e. The quantitative estimate of drug-likeness (QED) is 0.299. The zero-order valence-corrected chi connectivity index (χ0v) is 11.5. The van der Waals surface area contributed by atoms with Crippen LogP contribution in [0.2, 0.25) is 0 Å². The lowest BCUT2D eigenvalue weighted by atomic mass is 10.1. The van der Waals surface area contributed by atoms with Crippen molar-refractivity contribution >= 4 is 5.97 Å². The van der Waals surface area contributed by atoms with Crippen molar-refractivity contribution in [3.8, 4) is 0 Å². The van der Waals surface area contributed by atoms with Crippen LogP contribution in [-0.4, -0.2) is 12.6 Å². The monoisotopic (exact) mass is 240 g/mol. The predicted molar refractivity (Wildman–Crippen MR) is 73.0 cm³/mol. The average Bonchev–Trinajstić information content (AvgIpc) is 2.35. The van der Waals surface area contributed by atoms with Crippen LogP contribution < -0.4 is 0 Å². The number of allylic oxidation sites excluding steroid dienone is 2. The first kappa shape index (κ1) is 16.2. The van der Waals surface area contributed by atoms with Gasteiger partial charge in [-0.1, -0.05) is 51.7 Å². The minimum atomic E-state index is -0.0798. The Morgan fingerprint density at radius 2 is 1.59 bits per heavy atom. The first-order valence-corrected chi connectivity index (χ1v) is 7.11. The molecule has 0 aromatic carbocycles. The molecule has 0 rings (SSSR count). The van der Waals surface area contributed by atoms with Crippen molar-refractivity contribution in [2.24, 2.45) is 0 Å². The van der Waals surface area contributed by atoms with Crippen molar-refractivity contribution in [2.75, 3.05) is 6.61 Å². The molecule has 0 aliphatic heterocycles. The second-order valence-electron chi connectivity index (χ2n) is 4.39. The molecule has 0 heterocycles. The van der Waals surface area contributed by atoms with Gasteiger partial charge in [-0.15, -0.1) is 0 Å². The number of carbonyl (C=O) groups excluding carboxylic acids is 1. The summed E-state index contributed by atoms with van der Waals surface area (Å²) >= 11 is 0. The Balaban J connectivity index is 3.08. The van der Waals surface area contributed by atoms with Crippen molar-refractivity contribution in [3.63, 3.8) is 0 Å². The van der Waals surface area contributed by atoms with Crippen LogP contribution in [0.15, 0.2) is 12.2 Å². The Morgan fingerprint density at radius 1 is 0.941 bits per heavy atom. The van der Waals surface area contributed by atoms with Crippen LogP contribution in [0.25, 0.3) is 0 Å². The Kier molecular flexibility index (Phi) is 12.7. The topological polar surface area (TPSA) is 26.3 Å². The van der Waals surface area contributed by atoms with E-state index in [1.54, 1.807) is 0 Å². The molecule has 0 saturated heterocycles. The molecule has 0 bridgehead atoms. The summed E-state index contributed by atoms with van der Waals surface area (Å²) in [7, 11) is 0. The van der Waals surface area contributed by atoms with Gasteiger partial charge in [0.05, 0.1) is 6.61 Å². The Labute approximate surface area is 106 Å². The number of hydrogen-bond donors (Lipinski definition) is 0. The summed E-state index contributed by atoms with van der Waals surface area (Å²) in [6.45, 7) is 4.64.